The normalized spacial score (nSPS) is 11.3. The van der Waals surface area contributed by atoms with Crippen LogP contribution in [0.5, 0.6) is 0 Å². The van der Waals surface area contributed by atoms with Crippen LogP contribution in [0, 0.1) is 78.9 Å². The minimum absolute atomic E-state index is 0.360. The van der Waals surface area contributed by atoms with Gasteiger partial charge in [0.05, 0.1) is 0 Å². The molecule has 168 valence electrons. The molecule has 0 spiro atoms. The Balaban J connectivity index is 2.62. The highest BCUT2D eigenvalue weighted by molar-refractivity contribution is 6.95. The van der Waals surface area contributed by atoms with Gasteiger partial charge in [0.25, 0.3) is 0 Å². The van der Waals surface area contributed by atoms with E-state index < -0.39 is 96.7 Å². The van der Waals surface area contributed by atoms with Gasteiger partial charge in [-0.3, -0.25) is 0 Å². The first-order chi connectivity index (χ1) is 14.8. The number of halogens is 10. The number of aryl methyl sites for hydroxylation is 1. The van der Waals surface area contributed by atoms with E-state index in [1.165, 1.54) is 0 Å². The molecule has 3 rings (SSSR count). The molecule has 0 heterocycles. The summed E-state index contributed by atoms with van der Waals surface area (Å²) in [6.45, 7) is 2.37. The van der Waals surface area contributed by atoms with Crippen molar-refractivity contribution < 1.29 is 43.9 Å². The Bertz CT molecular complexity index is 1140. The first kappa shape index (κ1) is 24.1. The second-order valence-corrected chi connectivity index (χ2v) is 9.71. The maximum atomic E-state index is 14.9. The van der Waals surface area contributed by atoms with E-state index in [0.717, 1.165) is 13.0 Å². The van der Waals surface area contributed by atoms with E-state index in [1.54, 1.807) is 0 Å². The lowest BCUT2D eigenvalue weighted by Crippen LogP contribution is -2.60. The molecule has 0 aromatic heterocycles. The molecule has 3 aromatic rings. The van der Waals surface area contributed by atoms with Crippen LogP contribution in [0.15, 0.2) is 12.1 Å². The van der Waals surface area contributed by atoms with E-state index in [9.17, 15) is 43.9 Å². The molecule has 0 bridgehead atoms. The largest absolute Gasteiger partial charge is 0.412 e. The van der Waals surface area contributed by atoms with Crippen molar-refractivity contribution in [2.24, 2.45) is 0 Å². The van der Waals surface area contributed by atoms with Gasteiger partial charge in [0.1, 0.15) is 34.9 Å². The average Bonchev–Trinajstić information content (AvgIpc) is 2.76. The third-order valence-electron chi connectivity index (χ3n) is 5.22. The van der Waals surface area contributed by atoms with E-state index >= 15 is 0 Å². The summed E-state index contributed by atoms with van der Waals surface area (Å²) in [5, 5.41) is 0. The summed E-state index contributed by atoms with van der Waals surface area (Å²) in [5.74, 6) is -19.8. The van der Waals surface area contributed by atoms with Crippen molar-refractivity contribution in [3.63, 3.8) is 0 Å². The third kappa shape index (κ3) is 3.48. The van der Waals surface area contributed by atoms with Gasteiger partial charge in [0.2, 0.25) is 0 Å². The van der Waals surface area contributed by atoms with E-state index in [-0.39, 0.29) is 5.56 Å². The zero-order valence-corrected chi connectivity index (χ0v) is 17.7. The minimum Gasteiger partial charge on any atom is -0.208 e. The van der Waals surface area contributed by atoms with E-state index in [0.29, 0.717) is 19.9 Å². The Morgan fingerprint density at radius 2 is 0.781 bits per heavy atom. The first-order valence-electron chi connectivity index (χ1n) is 8.92. The lowest BCUT2D eigenvalue weighted by molar-refractivity contribution is 0.450. The topological polar surface area (TPSA) is 0 Å². The van der Waals surface area contributed by atoms with Crippen LogP contribution in [0.25, 0.3) is 0 Å². The van der Waals surface area contributed by atoms with Crippen LogP contribution >= 0.6 is 0 Å². The molecule has 0 amide bonds. The van der Waals surface area contributed by atoms with Crippen molar-refractivity contribution in [1.29, 1.82) is 0 Å². The van der Waals surface area contributed by atoms with Crippen molar-refractivity contribution in [2.45, 2.75) is 20.8 Å². The molecule has 11 heteroatoms. The molecule has 0 nitrogen and oxygen atoms in total. The standard InChI is InChI=1S/2C7H3F4.C7H5F2.Al/c2*1-3-6(10)4(8)2-5(9)7(3)11;1-5-2-3-6(8)4-7(5)9;/h2*1H3;2-3H,1H3;. The van der Waals surface area contributed by atoms with Gasteiger partial charge in [0.15, 0.2) is 23.3 Å². The fourth-order valence-electron chi connectivity index (χ4n) is 3.40. The van der Waals surface area contributed by atoms with E-state index in [4.69, 9.17) is 0 Å². The third-order valence-corrected chi connectivity index (χ3v) is 8.49. The molecule has 0 aliphatic heterocycles. The number of hydrogen-bond acceptors (Lipinski definition) is 0. The van der Waals surface area contributed by atoms with Crippen molar-refractivity contribution >= 4 is 27.4 Å². The predicted molar refractivity (Wildman–Crippen MR) is 97.8 cm³/mol. The highest BCUT2D eigenvalue weighted by Gasteiger charge is 2.44. The van der Waals surface area contributed by atoms with Crippen LogP contribution < -0.4 is 13.3 Å². The molecule has 0 aliphatic rings. The number of benzene rings is 3. The Labute approximate surface area is 179 Å². The molecule has 0 radical (unpaired) electrons. The Morgan fingerprint density at radius 1 is 0.438 bits per heavy atom. The predicted octanol–water partition coefficient (Wildman–Crippen LogP) is 4.52. The SMILES string of the molecule is Cc1ccc(F)[c]([Al]([c]2c(F)c(F)c(C)c(F)c2F)[c]2c(F)c(F)c(C)c(F)c2F)c1F. The van der Waals surface area contributed by atoms with Gasteiger partial charge in [-0.1, -0.05) is 6.07 Å². The molecule has 32 heavy (non-hydrogen) atoms. The van der Waals surface area contributed by atoms with Gasteiger partial charge in [-0.05, 0) is 45.7 Å². The summed E-state index contributed by atoms with van der Waals surface area (Å²) in [7, 11) is 0. The maximum Gasteiger partial charge on any atom is 0.412 e. The molecule has 0 N–H and O–H groups in total. The minimum atomic E-state index is -4.94. The van der Waals surface area contributed by atoms with Crippen molar-refractivity contribution in [2.75, 3.05) is 0 Å². The van der Waals surface area contributed by atoms with Crippen LogP contribution in [0.1, 0.15) is 16.7 Å². The molecule has 0 saturated heterocycles. The van der Waals surface area contributed by atoms with Crippen molar-refractivity contribution in [3.8, 4) is 0 Å². The van der Waals surface area contributed by atoms with Gasteiger partial charge in [-0.15, -0.1) is 0 Å². The maximum absolute atomic E-state index is 14.9. The summed E-state index contributed by atoms with van der Waals surface area (Å²) in [6, 6.07) is 1.47. The molecule has 0 unspecified atom stereocenters. The lowest BCUT2D eigenvalue weighted by atomic mass is 10.2. The Kier molecular flexibility index (Phi) is 6.37. The quantitative estimate of drug-likeness (QED) is 0.294. The molecule has 0 fully saturated rings. The zero-order valence-electron chi connectivity index (χ0n) is 16.5. The van der Waals surface area contributed by atoms with E-state index in [1.807, 2.05) is 0 Å². The number of hydrogen-bond donors (Lipinski definition) is 0. The van der Waals surface area contributed by atoms with Crippen molar-refractivity contribution in [3.05, 3.63) is 87.0 Å². The number of rotatable bonds is 3. The molecule has 3 aromatic carbocycles. The van der Waals surface area contributed by atoms with Crippen LogP contribution in [-0.2, 0) is 0 Å². The summed E-state index contributed by atoms with van der Waals surface area (Å²) >= 11 is -4.94. The van der Waals surface area contributed by atoms with Crippen LogP contribution in [-0.4, -0.2) is 14.1 Å². The zero-order chi connectivity index (χ0) is 24.2. The smallest absolute Gasteiger partial charge is 0.208 e. The van der Waals surface area contributed by atoms with Gasteiger partial charge < -0.3 is 0 Å². The molecule has 0 aliphatic carbocycles. The second kappa shape index (κ2) is 8.45. The van der Waals surface area contributed by atoms with Crippen molar-refractivity contribution in [1.82, 2.24) is 0 Å². The summed E-state index contributed by atoms with van der Waals surface area (Å²) in [4.78, 5) is 0. The highest BCUT2D eigenvalue weighted by atomic mass is 27.2. The Morgan fingerprint density at radius 3 is 1.12 bits per heavy atom. The molecule has 0 atom stereocenters. The van der Waals surface area contributed by atoms with Gasteiger partial charge in [-0.25, -0.2) is 43.9 Å². The second-order valence-electron chi connectivity index (χ2n) is 7.11. The van der Waals surface area contributed by atoms with Crippen LogP contribution in [0.3, 0.4) is 0 Å². The molecule has 0 saturated carbocycles. The highest BCUT2D eigenvalue weighted by Crippen LogP contribution is 2.22. The fraction of sp³-hybridized carbons (Fsp3) is 0.143. The first-order valence-corrected chi connectivity index (χ1v) is 10.6. The van der Waals surface area contributed by atoms with E-state index in [2.05, 4.69) is 0 Å². The Hall–Kier alpha value is -2.51. The van der Waals surface area contributed by atoms with Crippen LogP contribution in [0.2, 0.25) is 0 Å². The summed E-state index contributed by atoms with van der Waals surface area (Å²) in [5.41, 5.74) is -2.66. The van der Waals surface area contributed by atoms with Gasteiger partial charge in [-0.2, -0.15) is 0 Å². The van der Waals surface area contributed by atoms with Crippen LogP contribution in [0.4, 0.5) is 43.9 Å². The fourth-order valence-corrected chi connectivity index (χ4v) is 6.64. The molecular weight excluding hydrogens is 469 g/mol. The van der Waals surface area contributed by atoms with Gasteiger partial charge in [0, 0.05) is 11.1 Å². The summed E-state index contributed by atoms with van der Waals surface area (Å²) in [6.07, 6.45) is 0. The summed E-state index contributed by atoms with van der Waals surface area (Å²) < 4.78 is 141. The monoisotopic (exact) mass is 480 g/mol. The lowest BCUT2D eigenvalue weighted by Gasteiger charge is -2.21. The molecular formula is C21H11AlF10. The average molecular weight is 480 g/mol. The van der Waals surface area contributed by atoms with Gasteiger partial charge >= 0.3 is 14.1 Å².